The third-order valence-corrected chi connectivity index (χ3v) is 8.96. The molecule has 13 heteroatoms. The molecule has 0 spiro atoms. The lowest BCUT2D eigenvalue weighted by Gasteiger charge is -2.32. The summed E-state index contributed by atoms with van der Waals surface area (Å²) in [6, 6.07) is 14.0. The third-order valence-electron chi connectivity index (χ3n) is 7.23. The van der Waals surface area contributed by atoms with Crippen molar-refractivity contribution in [3.8, 4) is 11.1 Å². The lowest BCUT2D eigenvalue weighted by molar-refractivity contribution is -0.376. The van der Waals surface area contributed by atoms with E-state index in [4.69, 9.17) is 0 Å². The van der Waals surface area contributed by atoms with Gasteiger partial charge in [-0.15, -0.1) is 0 Å². The van der Waals surface area contributed by atoms with E-state index >= 15 is 0 Å². The van der Waals surface area contributed by atoms with Gasteiger partial charge in [0, 0.05) is 34.0 Å². The van der Waals surface area contributed by atoms with Crippen LogP contribution in [-0.4, -0.2) is 38.3 Å². The van der Waals surface area contributed by atoms with Crippen LogP contribution in [0.1, 0.15) is 28.4 Å². The third kappa shape index (κ3) is 4.51. The van der Waals surface area contributed by atoms with Crippen LogP contribution in [0.3, 0.4) is 0 Å². The molecule has 42 heavy (non-hydrogen) atoms. The summed E-state index contributed by atoms with van der Waals surface area (Å²) in [5.74, 6) is -2.17. The number of hydrogen-bond donors (Lipinski definition) is 1. The minimum atomic E-state index is -6.16. The van der Waals surface area contributed by atoms with Gasteiger partial charge in [-0.3, -0.25) is 4.79 Å². The number of sulfone groups is 1. The normalized spacial score (nSPS) is 14.2. The van der Waals surface area contributed by atoms with Crippen LogP contribution in [0.25, 0.3) is 21.9 Å². The molecular formula is C29H20F7NO4S. The highest BCUT2D eigenvalue weighted by Gasteiger charge is 2.71. The maximum Gasteiger partial charge on any atom is 0.430 e. The predicted octanol–water partition coefficient (Wildman–Crippen LogP) is 6.91. The fourth-order valence-electron chi connectivity index (χ4n) is 5.14. The molecule has 0 aromatic heterocycles. The molecule has 4 aromatic carbocycles. The topological polar surface area (TPSA) is 74.7 Å². The number of amides is 1. The molecule has 1 amide bonds. The summed E-state index contributed by atoms with van der Waals surface area (Å²) < 4.78 is 121. The first-order chi connectivity index (χ1) is 19.5. The lowest BCUT2D eigenvalue weighted by Crippen LogP contribution is -2.53. The molecule has 1 heterocycles. The van der Waals surface area contributed by atoms with Crippen molar-refractivity contribution in [3.63, 3.8) is 0 Å². The van der Waals surface area contributed by atoms with Crippen LogP contribution >= 0.6 is 0 Å². The Balaban J connectivity index is 1.45. The highest BCUT2D eigenvalue weighted by atomic mass is 32.2. The second-order valence-corrected chi connectivity index (χ2v) is 11.7. The predicted molar refractivity (Wildman–Crippen MR) is 140 cm³/mol. The second-order valence-electron chi connectivity index (χ2n) is 9.72. The maximum atomic E-state index is 14.8. The van der Waals surface area contributed by atoms with E-state index in [9.17, 15) is 49.1 Å². The quantitative estimate of drug-likeness (QED) is 0.241. The van der Waals surface area contributed by atoms with Crippen molar-refractivity contribution in [2.45, 2.75) is 35.5 Å². The molecule has 0 bridgehead atoms. The molecule has 0 saturated heterocycles. The van der Waals surface area contributed by atoms with Gasteiger partial charge in [0.2, 0.25) is 0 Å². The first-order valence-corrected chi connectivity index (χ1v) is 14.0. The zero-order valence-electron chi connectivity index (χ0n) is 21.5. The van der Waals surface area contributed by atoms with E-state index in [-0.39, 0.29) is 33.6 Å². The van der Waals surface area contributed by atoms with Crippen LogP contribution in [0.15, 0.2) is 77.7 Å². The number of carbonyl (C=O) groups excluding carboxylic acids is 1. The summed E-state index contributed by atoms with van der Waals surface area (Å²) in [4.78, 5) is 14.3. The summed E-state index contributed by atoms with van der Waals surface area (Å²) in [5.41, 5.74) is -6.06. The highest BCUT2D eigenvalue weighted by Crippen LogP contribution is 2.50. The van der Waals surface area contributed by atoms with Gasteiger partial charge in [-0.1, -0.05) is 48.5 Å². The molecule has 0 atom stereocenters. The van der Waals surface area contributed by atoms with E-state index in [2.05, 4.69) is 0 Å². The van der Waals surface area contributed by atoms with E-state index in [0.717, 1.165) is 0 Å². The van der Waals surface area contributed by atoms with Gasteiger partial charge < -0.3 is 10.0 Å². The minimum Gasteiger partial charge on any atom is -0.369 e. The van der Waals surface area contributed by atoms with Gasteiger partial charge in [-0.2, -0.15) is 26.3 Å². The van der Waals surface area contributed by atoms with E-state index < -0.39 is 44.9 Å². The lowest BCUT2D eigenvalue weighted by atomic mass is 9.90. The summed E-state index contributed by atoms with van der Waals surface area (Å²) in [6.07, 6.45) is -12.3. The van der Waals surface area contributed by atoms with Crippen LogP contribution in [0.4, 0.5) is 36.4 Å². The number of benzene rings is 4. The van der Waals surface area contributed by atoms with Crippen LogP contribution < -0.4 is 4.90 Å². The molecule has 4 aromatic rings. The molecule has 0 unspecified atom stereocenters. The fourth-order valence-corrected chi connectivity index (χ4v) is 6.71. The standard InChI is InChI=1S/C29H20F7NO4S/c1-2-37-23-12-13-24(20-4-3-5-21(25(20)23)26(37)38)42(40,41)15-16-6-8-17(9-7-16)19-11-10-18(14-22(19)30)27(39,28(31,32)33)29(34,35)36/h3-14,39H,2,15H2,1H3. The van der Waals surface area contributed by atoms with Crippen molar-refractivity contribution >= 4 is 32.2 Å². The largest absolute Gasteiger partial charge is 0.430 e. The van der Waals surface area contributed by atoms with Gasteiger partial charge in [-0.05, 0) is 42.3 Å². The van der Waals surface area contributed by atoms with Gasteiger partial charge in [-0.25, -0.2) is 12.8 Å². The van der Waals surface area contributed by atoms with Crippen molar-refractivity contribution in [2.24, 2.45) is 0 Å². The van der Waals surface area contributed by atoms with Gasteiger partial charge in [0.25, 0.3) is 11.5 Å². The average Bonchev–Trinajstić information content (AvgIpc) is 3.19. The van der Waals surface area contributed by atoms with Crippen molar-refractivity contribution < 1.29 is 49.1 Å². The van der Waals surface area contributed by atoms with Crippen LogP contribution in [0.2, 0.25) is 0 Å². The molecular weight excluding hydrogens is 591 g/mol. The summed E-state index contributed by atoms with van der Waals surface area (Å²) in [6.45, 7) is 2.20. The van der Waals surface area contributed by atoms with Crippen LogP contribution in [-0.2, 0) is 21.2 Å². The van der Waals surface area contributed by atoms with Crippen molar-refractivity contribution in [2.75, 3.05) is 11.4 Å². The van der Waals surface area contributed by atoms with Crippen LogP contribution in [0, 0.1) is 5.82 Å². The number of anilines is 1. The monoisotopic (exact) mass is 611 g/mol. The fraction of sp³-hybridized carbons (Fsp3) is 0.207. The molecule has 220 valence electrons. The second kappa shape index (κ2) is 9.80. The van der Waals surface area contributed by atoms with E-state index in [1.807, 2.05) is 0 Å². The summed E-state index contributed by atoms with van der Waals surface area (Å²) in [7, 11) is -3.97. The van der Waals surface area contributed by atoms with E-state index in [0.29, 0.717) is 40.7 Å². The number of rotatable bonds is 6. The Kier molecular flexibility index (Phi) is 6.89. The Morgan fingerprint density at radius 1 is 0.833 bits per heavy atom. The highest BCUT2D eigenvalue weighted by molar-refractivity contribution is 7.90. The number of nitrogens with zero attached hydrogens (tertiary/aromatic N) is 1. The zero-order valence-corrected chi connectivity index (χ0v) is 22.3. The van der Waals surface area contributed by atoms with E-state index in [1.165, 1.54) is 30.3 Å². The van der Waals surface area contributed by atoms with Gasteiger partial charge in [0.15, 0.2) is 9.84 Å². The van der Waals surface area contributed by atoms with Gasteiger partial charge in [0.05, 0.1) is 16.3 Å². The zero-order chi connectivity index (χ0) is 30.8. The molecule has 1 N–H and O–H groups in total. The first kappa shape index (κ1) is 29.5. The Hall–Kier alpha value is -3.97. The van der Waals surface area contributed by atoms with Crippen molar-refractivity contribution in [1.82, 2.24) is 0 Å². The molecule has 5 nitrogen and oxygen atoms in total. The van der Waals surface area contributed by atoms with Crippen molar-refractivity contribution in [1.29, 1.82) is 0 Å². The molecule has 0 saturated carbocycles. The Labute approximate surface area is 234 Å². The minimum absolute atomic E-state index is 0.00128. The van der Waals surface area contributed by atoms with Crippen molar-refractivity contribution in [3.05, 3.63) is 95.3 Å². The molecule has 0 fully saturated rings. The van der Waals surface area contributed by atoms with Gasteiger partial charge >= 0.3 is 12.4 Å². The molecule has 1 aliphatic heterocycles. The smallest absolute Gasteiger partial charge is 0.369 e. The number of aliphatic hydroxyl groups is 1. The Bertz CT molecular complexity index is 1820. The number of hydrogen-bond acceptors (Lipinski definition) is 4. The van der Waals surface area contributed by atoms with E-state index in [1.54, 1.807) is 36.1 Å². The molecule has 0 radical (unpaired) electrons. The molecule has 1 aliphatic rings. The maximum absolute atomic E-state index is 14.8. The van der Waals surface area contributed by atoms with Crippen LogP contribution in [0.5, 0.6) is 0 Å². The summed E-state index contributed by atoms with van der Waals surface area (Å²) in [5, 5.41) is 10.4. The summed E-state index contributed by atoms with van der Waals surface area (Å²) >= 11 is 0. The number of carbonyl (C=O) groups is 1. The number of alkyl halides is 6. The number of halogens is 7. The van der Waals surface area contributed by atoms with Gasteiger partial charge in [0.1, 0.15) is 5.82 Å². The first-order valence-electron chi connectivity index (χ1n) is 12.4. The SMILES string of the molecule is CCN1C(=O)c2cccc3c(S(=O)(=O)Cc4ccc(-c5ccc(C(O)(C(F)(F)F)C(F)(F)F)cc5F)cc4)ccc1c23. The average molecular weight is 612 g/mol. The Morgan fingerprint density at radius 2 is 1.48 bits per heavy atom. The molecule has 5 rings (SSSR count). The Morgan fingerprint density at radius 3 is 2.05 bits per heavy atom. The molecule has 0 aliphatic carbocycles.